The summed E-state index contributed by atoms with van der Waals surface area (Å²) in [6.07, 6.45) is 10.8. The van der Waals surface area contributed by atoms with E-state index in [1.165, 1.54) is 30.6 Å². The van der Waals surface area contributed by atoms with Crippen LogP contribution in [0.25, 0.3) is 10.2 Å². The van der Waals surface area contributed by atoms with Crippen molar-refractivity contribution in [1.82, 2.24) is 4.98 Å². The van der Waals surface area contributed by atoms with E-state index in [-0.39, 0.29) is 0 Å². The summed E-state index contributed by atoms with van der Waals surface area (Å²) >= 11 is 1.31. The van der Waals surface area contributed by atoms with Gasteiger partial charge in [0, 0.05) is 20.3 Å². The molecule has 1 aliphatic rings. The van der Waals surface area contributed by atoms with Crippen molar-refractivity contribution < 1.29 is 9.59 Å². The summed E-state index contributed by atoms with van der Waals surface area (Å²) in [5.41, 5.74) is 1.94. The van der Waals surface area contributed by atoms with E-state index in [0.29, 0.717) is 22.2 Å². The first-order valence-electron chi connectivity index (χ1n) is 8.47. The summed E-state index contributed by atoms with van der Waals surface area (Å²) in [4.78, 5) is 35.0. The Kier molecular flexibility index (Phi) is 5.43. The van der Waals surface area contributed by atoms with Crippen molar-refractivity contribution in [1.29, 1.82) is 0 Å². The van der Waals surface area contributed by atoms with E-state index in [0.717, 1.165) is 41.3 Å². The highest BCUT2D eigenvalue weighted by Crippen LogP contribution is 2.40. The Bertz CT molecular complexity index is 807. The molecular formula is C18H22N4O2S. The van der Waals surface area contributed by atoms with Crippen LogP contribution >= 0.6 is 11.3 Å². The second-order valence-electron chi connectivity index (χ2n) is 6.43. The molecule has 0 atom stereocenters. The Labute approximate surface area is 151 Å². The number of nitrogens with one attached hydrogen (secondary N) is 1. The van der Waals surface area contributed by atoms with Crippen molar-refractivity contribution in [3.63, 3.8) is 0 Å². The molecule has 1 fully saturated rings. The lowest BCUT2D eigenvalue weighted by Gasteiger charge is -2.18. The minimum absolute atomic E-state index is 0.350. The molecule has 1 N–H and O–H groups in total. The van der Waals surface area contributed by atoms with E-state index in [2.05, 4.69) is 15.3 Å². The number of thiophene rings is 1. The van der Waals surface area contributed by atoms with E-state index >= 15 is 0 Å². The third-order valence-electron chi connectivity index (χ3n) is 4.50. The zero-order valence-corrected chi connectivity index (χ0v) is 15.3. The van der Waals surface area contributed by atoms with Crippen molar-refractivity contribution in [2.75, 3.05) is 24.3 Å². The number of hydrogen-bond donors (Lipinski definition) is 1. The summed E-state index contributed by atoms with van der Waals surface area (Å²) in [5, 5.41) is 3.97. The number of aldehydes is 2. The molecule has 0 bridgehead atoms. The number of carbonyl (C=O) groups excluding carboxylic acids is 2. The first-order chi connectivity index (χ1) is 12.2. The highest BCUT2D eigenvalue weighted by atomic mass is 32.1. The first-order valence-corrected chi connectivity index (χ1v) is 9.28. The normalized spacial score (nSPS) is 15.6. The van der Waals surface area contributed by atoms with Crippen molar-refractivity contribution in [3.05, 3.63) is 16.6 Å². The minimum atomic E-state index is 0.350. The number of nitrogens with zero attached hydrogens (tertiary/aromatic N) is 3. The van der Waals surface area contributed by atoms with Crippen LogP contribution in [0.5, 0.6) is 0 Å². The molecule has 6 nitrogen and oxygen atoms in total. The maximum Gasteiger partial charge on any atom is 0.162 e. The molecule has 0 radical (unpaired) electrons. The minimum Gasteiger partial charge on any atom is -0.376 e. The van der Waals surface area contributed by atoms with Crippen LogP contribution in [0.3, 0.4) is 0 Å². The van der Waals surface area contributed by atoms with Crippen LogP contribution in [-0.2, 0) is 0 Å². The lowest BCUT2D eigenvalue weighted by Crippen LogP contribution is -2.13. The molecule has 0 amide bonds. The highest BCUT2D eigenvalue weighted by molar-refractivity contribution is 7.21. The number of aliphatic imine (C=N–C) groups is 1. The van der Waals surface area contributed by atoms with Crippen LogP contribution in [0.4, 0.5) is 11.4 Å². The number of aromatic nitrogens is 1. The van der Waals surface area contributed by atoms with Gasteiger partial charge in [-0.15, -0.1) is 11.3 Å². The van der Waals surface area contributed by atoms with Gasteiger partial charge >= 0.3 is 0 Å². The zero-order chi connectivity index (χ0) is 17.8. The second-order valence-corrected chi connectivity index (χ2v) is 7.46. The number of pyridine rings is 1. The van der Waals surface area contributed by atoms with Crippen LogP contribution in [-0.4, -0.2) is 44.0 Å². The summed E-state index contributed by atoms with van der Waals surface area (Å²) in [7, 11) is 3.75. The average Bonchev–Trinajstić information content (AvgIpc) is 2.99. The molecule has 0 aromatic carbocycles. The number of rotatable bonds is 6. The largest absolute Gasteiger partial charge is 0.376 e. The Morgan fingerprint density at radius 1 is 1.24 bits per heavy atom. The number of fused-ring (bicyclic) bond motifs is 1. The number of hydrogen-bond acceptors (Lipinski definition) is 6. The molecule has 7 heteroatoms. The van der Waals surface area contributed by atoms with Gasteiger partial charge in [-0.1, -0.05) is 19.3 Å². The molecule has 3 rings (SSSR count). The molecule has 0 aliphatic heterocycles. The maximum absolute atomic E-state index is 11.5. The third-order valence-corrected chi connectivity index (χ3v) is 5.52. The molecule has 2 aromatic rings. The van der Waals surface area contributed by atoms with Gasteiger partial charge in [0.05, 0.1) is 39.6 Å². The maximum atomic E-state index is 11.5. The molecule has 2 aromatic heterocycles. The summed E-state index contributed by atoms with van der Waals surface area (Å²) in [6, 6.07) is 0.350. The van der Waals surface area contributed by atoms with Crippen LogP contribution < -0.4 is 10.2 Å². The van der Waals surface area contributed by atoms with Gasteiger partial charge in [-0.2, -0.15) is 0 Å². The van der Waals surface area contributed by atoms with E-state index in [1.54, 1.807) is 12.5 Å². The fourth-order valence-corrected chi connectivity index (χ4v) is 4.24. The molecule has 0 unspecified atom stereocenters. The van der Waals surface area contributed by atoms with Crippen LogP contribution in [0.15, 0.2) is 11.2 Å². The van der Waals surface area contributed by atoms with Crippen LogP contribution in [0.2, 0.25) is 0 Å². The fraction of sp³-hybridized carbons (Fsp3) is 0.444. The molecule has 2 heterocycles. The van der Waals surface area contributed by atoms with E-state index < -0.39 is 0 Å². The molecular weight excluding hydrogens is 336 g/mol. The van der Waals surface area contributed by atoms with E-state index in [9.17, 15) is 9.59 Å². The van der Waals surface area contributed by atoms with Gasteiger partial charge in [0.15, 0.2) is 12.6 Å². The first kappa shape index (κ1) is 17.5. The topological polar surface area (TPSA) is 74.7 Å². The SMILES string of the molecule is CN(C)c1c(C=O)cnc2sc(C=O)c(NC=NC3CCCCC3)c12. The van der Waals surface area contributed by atoms with Crippen LogP contribution in [0, 0.1) is 0 Å². The Morgan fingerprint density at radius 2 is 2.00 bits per heavy atom. The van der Waals surface area contributed by atoms with E-state index in [4.69, 9.17) is 0 Å². The quantitative estimate of drug-likeness (QED) is 0.483. The Morgan fingerprint density at radius 3 is 2.64 bits per heavy atom. The Balaban J connectivity index is 2.01. The lowest BCUT2D eigenvalue weighted by molar-refractivity contribution is 0.111. The van der Waals surface area contributed by atoms with Gasteiger partial charge < -0.3 is 10.2 Å². The molecule has 132 valence electrons. The van der Waals surface area contributed by atoms with Crippen LogP contribution in [0.1, 0.15) is 52.1 Å². The summed E-state index contributed by atoms with van der Waals surface area (Å²) in [6.45, 7) is 0. The molecule has 0 spiro atoms. The summed E-state index contributed by atoms with van der Waals surface area (Å²) in [5.74, 6) is 0. The van der Waals surface area contributed by atoms with Gasteiger partial charge in [0.1, 0.15) is 4.83 Å². The average molecular weight is 358 g/mol. The number of carbonyl (C=O) groups is 2. The molecule has 1 aliphatic carbocycles. The van der Waals surface area contributed by atoms with Crippen molar-refractivity contribution in [3.8, 4) is 0 Å². The van der Waals surface area contributed by atoms with Gasteiger partial charge in [-0.25, -0.2) is 4.98 Å². The Hall–Kier alpha value is -2.28. The van der Waals surface area contributed by atoms with Gasteiger partial charge in [-0.3, -0.25) is 14.6 Å². The third kappa shape index (κ3) is 3.56. The predicted molar refractivity (Wildman–Crippen MR) is 104 cm³/mol. The standard InChI is InChI=1S/C18H22N4O2S/c1-22(2)17-12(9-23)8-19-18-15(17)16(14(10-24)25-18)21-11-20-13-6-4-3-5-7-13/h8-11,13H,3-7H2,1-2H3,(H,20,21). The van der Waals surface area contributed by atoms with Gasteiger partial charge in [0.2, 0.25) is 0 Å². The molecule has 0 saturated heterocycles. The number of anilines is 2. The summed E-state index contributed by atoms with van der Waals surface area (Å²) < 4.78 is 0. The van der Waals surface area contributed by atoms with Gasteiger partial charge in [0.25, 0.3) is 0 Å². The smallest absolute Gasteiger partial charge is 0.162 e. The molecule has 25 heavy (non-hydrogen) atoms. The van der Waals surface area contributed by atoms with Crippen molar-refractivity contribution in [2.45, 2.75) is 38.1 Å². The fourth-order valence-electron chi connectivity index (χ4n) is 3.31. The zero-order valence-electron chi connectivity index (χ0n) is 14.5. The van der Waals surface area contributed by atoms with Crippen molar-refractivity contribution >= 4 is 51.8 Å². The van der Waals surface area contributed by atoms with Crippen molar-refractivity contribution in [2.24, 2.45) is 4.99 Å². The lowest BCUT2D eigenvalue weighted by atomic mass is 9.96. The van der Waals surface area contributed by atoms with Gasteiger partial charge in [-0.05, 0) is 12.8 Å². The monoisotopic (exact) mass is 358 g/mol. The molecule has 1 saturated carbocycles. The predicted octanol–water partition coefficient (Wildman–Crippen LogP) is 3.76. The highest BCUT2D eigenvalue weighted by Gasteiger charge is 2.20. The second kappa shape index (κ2) is 7.74. The van der Waals surface area contributed by atoms with E-state index in [1.807, 2.05) is 19.0 Å².